The topological polar surface area (TPSA) is 39.9 Å². The van der Waals surface area contributed by atoms with E-state index in [2.05, 4.69) is 17.0 Å². The molecule has 2 aromatic rings. The molecule has 5 heteroatoms. The Kier molecular flexibility index (Phi) is 3.55. The highest BCUT2D eigenvalue weighted by atomic mass is 32.1. The number of ether oxygens (including phenoxy) is 1. The second-order valence-electron chi connectivity index (χ2n) is 5.94. The van der Waals surface area contributed by atoms with E-state index in [1.165, 1.54) is 41.7 Å². The molecule has 2 aliphatic rings. The fourth-order valence-electron chi connectivity index (χ4n) is 3.35. The quantitative estimate of drug-likeness (QED) is 0.872. The van der Waals surface area contributed by atoms with E-state index < -0.39 is 0 Å². The van der Waals surface area contributed by atoms with Crippen LogP contribution in [0.25, 0.3) is 10.7 Å². The number of aryl methyl sites for hydroxylation is 2. The molecule has 0 amide bonds. The van der Waals surface area contributed by atoms with Crippen molar-refractivity contribution >= 4 is 11.3 Å². The molecule has 0 spiro atoms. The van der Waals surface area contributed by atoms with Crippen LogP contribution in [0.2, 0.25) is 0 Å². The van der Waals surface area contributed by atoms with Crippen LogP contribution in [-0.4, -0.2) is 28.0 Å². The first kappa shape index (κ1) is 13.5. The van der Waals surface area contributed by atoms with Crippen LogP contribution < -0.4 is 0 Å². The van der Waals surface area contributed by atoms with Crippen molar-refractivity contribution in [2.45, 2.75) is 51.5 Å². The van der Waals surface area contributed by atoms with E-state index in [-0.39, 0.29) is 0 Å². The molecule has 21 heavy (non-hydrogen) atoms. The molecule has 2 aromatic heterocycles. The maximum Gasteiger partial charge on any atom is 0.169 e. The molecule has 1 unspecified atom stereocenters. The molecular weight excluding hydrogens is 282 g/mol. The lowest BCUT2D eigenvalue weighted by Crippen LogP contribution is -2.12. The molecule has 1 atom stereocenters. The van der Waals surface area contributed by atoms with Gasteiger partial charge in [-0.25, -0.2) is 9.67 Å². The Hall–Kier alpha value is -1.20. The normalized spacial score (nSPS) is 21.7. The van der Waals surface area contributed by atoms with E-state index in [0.717, 1.165) is 37.7 Å². The SMILES string of the molecule is CCc1nc(-c2scc3c2CCCC3)n(C2CCOC2)n1. The van der Waals surface area contributed by atoms with Crippen molar-refractivity contribution in [2.75, 3.05) is 13.2 Å². The van der Waals surface area contributed by atoms with Gasteiger partial charge in [-0.2, -0.15) is 5.10 Å². The number of fused-ring (bicyclic) bond motifs is 1. The second-order valence-corrected chi connectivity index (χ2v) is 6.82. The van der Waals surface area contributed by atoms with Gasteiger partial charge in [0.25, 0.3) is 0 Å². The van der Waals surface area contributed by atoms with E-state index in [9.17, 15) is 0 Å². The second kappa shape index (κ2) is 5.54. The molecule has 0 saturated carbocycles. The predicted molar refractivity (Wildman–Crippen MR) is 83.8 cm³/mol. The minimum Gasteiger partial charge on any atom is -0.379 e. The molecule has 4 nitrogen and oxygen atoms in total. The van der Waals surface area contributed by atoms with E-state index in [1.807, 2.05) is 11.3 Å². The van der Waals surface area contributed by atoms with E-state index in [4.69, 9.17) is 14.8 Å². The number of hydrogen-bond donors (Lipinski definition) is 0. The summed E-state index contributed by atoms with van der Waals surface area (Å²) < 4.78 is 7.70. The van der Waals surface area contributed by atoms with Crippen molar-refractivity contribution in [2.24, 2.45) is 0 Å². The molecule has 0 aromatic carbocycles. The van der Waals surface area contributed by atoms with Gasteiger partial charge in [-0.05, 0) is 48.6 Å². The van der Waals surface area contributed by atoms with E-state index >= 15 is 0 Å². The summed E-state index contributed by atoms with van der Waals surface area (Å²) in [6.07, 6.45) is 7.00. The third-order valence-corrected chi connectivity index (χ3v) is 5.62. The Balaban J connectivity index is 1.80. The first-order valence-electron chi connectivity index (χ1n) is 7.99. The fourth-order valence-corrected chi connectivity index (χ4v) is 4.49. The predicted octanol–water partition coefficient (Wildman–Crippen LogP) is 3.41. The number of thiophene rings is 1. The van der Waals surface area contributed by atoms with Gasteiger partial charge in [-0.1, -0.05) is 6.92 Å². The van der Waals surface area contributed by atoms with Gasteiger partial charge in [-0.15, -0.1) is 11.3 Å². The van der Waals surface area contributed by atoms with Crippen molar-refractivity contribution in [1.29, 1.82) is 0 Å². The highest BCUT2D eigenvalue weighted by Gasteiger charge is 2.26. The van der Waals surface area contributed by atoms with E-state index in [1.54, 1.807) is 0 Å². The summed E-state index contributed by atoms with van der Waals surface area (Å²) in [7, 11) is 0. The minimum atomic E-state index is 0.356. The van der Waals surface area contributed by atoms with Crippen LogP contribution >= 0.6 is 11.3 Å². The molecule has 0 bridgehead atoms. The van der Waals surface area contributed by atoms with Crippen LogP contribution in [0.15, 0.2) is 5.38 Å². The zero-order chi connectivity index (χ0) is 14.2. The number of aromatic nitrogens is 3. The van der Waals surface area contributed by atoms with Crippen LogP contribution in [0, 0.1) is 0 Å². The van der Waals surface area contributed by atoms with Crippen molar-refractivity contribution in [3.8, 4) is 10.7 Å². The lowest BCUT2D eigenvalue weighted by atomic mass is 9.94. The maximum atomic E-state index is 5.55. The molecule has 3 heterocycles. The summed E-state index contributed by atoms with van der Waals surface area (Å²) in [6, 6.07) is 0.356. The molecule has 1 fully saturated rings. The summed E-state index contributed by atoms with van der Waals surface area (Å²) >= 11 is 1.85. The van der Waals surface area contributed by atoms with Crippen LogP contribution in [0.1, 0.15) is 49.2 Å². The number of rotatable bonds is 3. The molecule has 0 radical (unpaired) electrons. The zero-order valence-corrected chi connectivity index (χ0v) is 13.3. The highest BCUT2D eigenvalue weighted by molar-refractivity contribution is 7.13. The third-order valence-electron chi connectivity index (χ3n) is 4.55. The van der Waals surface area contributed by atoms with Gasteiger partial charge < -0.3 is 4.74 Å². The first-order chi connectivity index (χ1) is 10.4. The van der Waals surface area contributed by atoms with E-state index in [0.29, 0.717) is 6.04 Å². The van der Waals surface area contributed by atoms with Gasteiger partial charge in [0.2, 0.25) is 0 Å². The van der Waals surface area contributed by atoms with Gasteiger partial charge in [0, 0.05) is 13.0 Å². The Morgan fingerprint density at radius 3 is 3.10 bits per heavy atom. The molecule has 1 saturated heterocycles. The number of hydrogen-bond acceptors (Lipinski definition) is 4. The summed E-state index contributed by atoms with van der Waals surface area (Å²) in [5.74, 6) is 2.03. The molecular formula is C16H21N3OS. The van der Waals surface area contributed by atoms with Gasteiger partial charge in [0.15, 0.2) is 11.6 Å². The Bertz CT molecular complexity index is 640. The molecule has 0 N–H and O–H groups in total. The molecule has 4 rings (SSSR count). The maximum absolute atomic E-state index is 5.55. The van der Waals surface area contributed by atoms with Crippen LogP contribution in [0.3, 0.4) is 0 Å². The largest absolute Gasteiger partial charge is 0.379 e. The smallest absolute Gasteiger partial charge is 0.169 e. The van der Waals surface area contributed by atoms with Crippen LogP contribution in [0.4, 0.5) is 0 Å². The van der Waals surface area contributed by atoms with Gasteiger partial charge in [-0.3, -0.25) is 0 Å². The lowest BCUT2D eigenvalue weighted by molar-refractivity contribution is 0.184. The minimum absolute atomic E-state index is 0.356. The zero-order valence-electron chi connectivity index (χ0n) is 12.5. The van der Waals surface area contributed by atoms with Gasteiger partial charge in [0.1, 0.15) is 0 Å². The number of nitrogens with zero attached hydrogens (tertiary/aromatic N) is 3. The average molecular weight is 303 g/mol. The Morgan fingerprint density at radius 2 is 2.29 bits per heavy atom. The summed E-state index contributed by atoms with van der Waals surface area (Å²) in [4.78, 5) is 6.18. The van der Waals surface area contributed by atoms with Gasteiger partial charge >= 0.3 is 0 Å². The van der Waals surface area contributed by atoms with Crippen molar-refractivity contribution in [1.82, 2.24) is 14.8 Å². The van der Waals surface area contributed by atoms with Crippen LogP contribution in [-0.2, 0) is 24.0 Å². The lowest BCUT2D eigenvalue weighted by Gasteiger charge is -2.15. The molecule has 1 aliphatic heterocycles. The highest BCUT2D eigenvalue weighted by Crippen LogP contribution is 2.37. The fraction of sp³-hybridized carbons (Fsp3) is 0.625. The summed E-state index contributed by atoms with van der Waals surface area (Å²) in [6.45, 7) is 3.74. The van der Waals surface area contributed by atoms with Crippen molar-refractivity contribution in [3.05, 3.63) is 22.3 Å². The average Bonchev–Trinajstić information content (AvgIpc) is 3.24. The first-order valence-corrected chi connectivity index (χ1v) is 8.87. The summed E-state index contributed by atoms with van der Waals surface area (Å²) in [5.41, 5.74) is 3.07. The Morgan fingerprint density at radius 1 is 1.38 bits per heavy atom. The van der Waals surface area contributed by atoms with Gasteiger partial charge in [0.05, 0.1) is 17.5 Å². The van der Waals surface area contributed by atoms with Crippen molar-refractivity contribution < 1.29 is 4.74 Å². The van der Waals surface area contributed by atoms with Crippen LogP contribution in [0.5, 0.6) is 0 Å². The monoisotopic (exact) mass is 303 g/mol. The summed E-state index contributed by atoms with van der Waals surface area (Å²) in [5, 5.41) is 7.08. The standard InChI is InChI=1S/C16H21N3OS/c1-2-14-17-16(19(18-14)12-7-8-20-9-12)15-13-6-4-3-5-11(13)10-21-15/h10,12H,2-9H2,1H3. The van der Waals surface area contributed by atoms with Crippen molar-refractivity contribution in [3.63, 3.8) is 0 Å². The molecule has 112 valence electrons. The molecule has 1 aliphatic carbocycles. The third kappa shape index (κ3) is 2.32. The Labute approximate surface area is 129 Å².